The van der Waals surface area contributed by atoms with Crippen LogP contribution in [-0.4, -0.2) is 36.6 Å². The number of benzene rings is 2. The molecule has 0 spiro atoms. The molecule has 0 aliphatic carbocycles. The monoisotopic (exact) mass is 393 g/mol. The van der Waals surface area contributed by atoms with E-state index in [4.69, 9.17) is 9.15 Å². The SMILES string of the molecule is CCOC(=O)c1cccc(NC(=O)C2CCN(c3nc4ccccc4o3)CC2)c1. The largest absolute Gasteiger partial charge is 0.462 e. The number of carbonyl (C=O) groups excluding carboxylic acids is 2. The number of oxazole rings is 1. The van der Waals surface area contributed by atoms with E-state index in [1.165, 1.54) is 0 Å². The lowest BCUT2D eigenvalue weighted by Gasteiger charge is -2.30. The topological polar surface area (TPSA) is 84.7 Å². The van der Waals surface area contributed by atoms with E-state index in [2.05, 4.69) is 15.2 Å². The van der Waals surface area contributed by atoms with Crippen molar-refractivity contribution in [2.75, 3.05) is 29.9 Å². The molecular weight excluding hydrogens is 370 g/mol. The summed E-state index contributed by atoms with van der Waals surface area (Å²) in [7, 11) is 0. The van der Waals surface area contributed by atoms with Crippen LogP contribution in [0.1, 0.15) is 30.1 Å². The van der Waals surface area contributed by atoms with E-state index in [9.17, 15) is 9.59 Å². The van der Waals surface area contributed by atoms with E-state index in [0.29, 0.717) is 49.8 Å². The highest BCUT2D eigenvalue weighted by atomic mass is 16.5. The number of esters is 1. The molecule has 0 radical (unpaired) electrons. The molecular formula is C22H23N3O4. The van der Waals surface area contributed by atoms with Crippen molar-refractivity contribution in [3.05, 3.63) is 54.1 Å². The Labute approximate surface area is 168 Å². The predicted octanol–water partition coefficient (Wildman–Crippen LogP) is 3.86. The van der Waals surface area contributed by atoms with Crippen molar-refractivity contribution in [1.82, 2.24) is 4.98 Å². The van der Waals surface area contributed by atoms with Crippen LogP contribution in [-0.2, 0) is 9.53 Å². The number of rotatable bonds is 5. The fourth-order valence-electron chi connectivity index (χ4n) is 3.51. The third-order valence-electron chi connectivity index (χ3n) is 5.06. The molecule has 1 saturated heterocycles. The molecule has 1 aromatic heterocycles. The number of ether oxygens (including phenoxy) is 1. The maximum absolute atomic E-state index is 12.7. The van der Waals surface area contributed by atoms with E-state index in [1.54, 1.807) is 31.2 Å². The molecule has 2 aromatic carbocycles. The lowest BCUT2D eigenvalue weighted by Crippen LogP contribution is -2.38. The van der Waals surface area contributed by atoms with Gasteiger partial charge in [0, 0.05) is 24.7 Å². The summed E-state index contributed by atoms with van der Waals surface area (Å²) in [5.74, 6) is -0.527. The summed E-state index contributed by atoms with van der Waals surface area (Å²) < 4.78 is 10.8. The Bertz CT molecular complexity index is 989. The molecule has 0 saturated carbocycles. The fraction of sp³-hybridized carbons (Fsp3) is 0.318. The van der Waals surface area contributed by atoms with Crippen molar-refractivity contribution in [3.8, 4) is 0 Å². The van der Waals surface area contributed by atoms with Crippen LogP contribution in [0.4, 0.5) is 11.7 Å². The molecule has 4 rings (SSSR count). The van der Waals surface area contributed by atoms with Crippen LogP contribution in [0.25, 0.3) is 11.1 Å². The highest BCUT2D eigenvalue weighted by Gasteiger charge is 2.27. The van der Waals surface area contributed by atoms with Crippen molar-refractivity contribution >= 4 is 34.7 Å². The van der Waals surface area contributed by atoms with Gasteiger partial charge in [-0.25, -0.2) is 4.79 Å². The number of para-hydroxylation sites is 2. The zero-order valence-corrected chi connectivity index (χ0v) is 16.3. The van der Waals surface area contributed by atoms with Gasteiger partial charge in [-0.1, -0.05) is 18.2 Å². The average Bonchev–Trinajstić information content (AvgIpc) is 3.18. The second-order valence-electron chi connectivity index (χ2n) is 7.02. The summed E-state index contributed by atoms with van der Waals surface area (Å²) in [6.07, 6.45) is 1.42. The Morgan fingerprint density at radius 3 is 2.72 bits per heavy atom. The molecule has 1 N–H and O–H groups in total. The van der Waals surface area contributed by atoms with Crippen LogP contribution in [0.15, 0.2) is 52.9 Å². The summed E-state index contributed by atoms with van der Waals surface area (Å²) in [6, 6.07) is 15.1. The molecule has 150 valence electrons. The Hall–Kier alpha value is -3.35. The summed E-state index contributed by atoms with van der Waals surface area (Å²) in [5, 5.41) is 2.92. The van der Waals surface area contributed by atoms with E-state index in [-0.39, 0.29) is 11.8 Å². The Morgan fingerprint density at radius 2 is 1.97 bits per heavy atom. The predicted molar refractivity (Wildman–Crippen MR) is 110 cm³/mol. The average molecular weight is 393 g/mol. The van der Waals surface area contributed by atoms with Gasteiger partial charge in [0.1, 0.15) is 5.52 Å². The van der Waals surface area contributed by atoms with Crippen molar-refractivity contribution < 1.29 is 18.7 Å². The van der Waals surface area contributed by atoms with Gasteiger partial charge in [-0.2, -0.15) is 4.98 Å². The first-order valence-corrected chi connectivity index (χ1v) is 9.82. The maximum Gasteiger partial charge on any atom is 0.338 e. The van der Waals surface area contributed by atoms with Gasteiger partial charge < -0.3 is 19.4 Å². The van der Waals surface area contributed by atoms with E-state index in [1.807, 2.05) is 24.3 Å². The van der Waals surface area contributed by atoms with Gasteiger partial charge in [-0.05, 0) is 50.1 Å². The van der Waals surface area contributed by atoms with Crippen LogP contribution < -0.4 is 10.2 Å². The third-order valence-corrected chi connectivity index (χ3v) is 5.06. The summed E-state index contributed by atoms with van der Waals surface area (Å²) in [4.78, 5) is 31.1. The number of nitrogens with one attached hydrogen (secondary N) is 1. The molecule has 1 aliphatic rings. The van der Waals surface area contributed by atoms with Gasteiger partial charge in [0.25, 0.3) is 6.01 Å². The molecule has 1 amide bonds. The van der Waals surface area contributed by atoms with Gasteiger partial charge >= 0.3 is 5.97 Å². The standard InChI is InChI=1S/C22H23N3O4/c1-2-28-21(27)16-6-5-7-17(14-16)23-20(26)15-10-12-25(13-11-15)22-24-18-8-3-4-9-19(18)29-22/h3-9,14-15H,2,10-13H2,1H3,(H,23,26). The van der Waals surface area contributed by atoms with Gasteiger partial charge in [-0.15, -0.1) is 0 Å². The first kappa shape index (κ1) is 19.0. The Kier molecular flexibility index (Phi) is 5.46. The third kappa shape index (κ3) is 4.23. The molecule has 2 heterocycles. The Balaban J connectivity index is 1.35. The quantitative estimate of drug-likeness (QED) is 0.663. The van der Waals surface area contributed by atoms with E-state index >= 15 is 0 Å². The highest BCUT2D eigenvalue weighted by Crippen LogP contribution is 2.27. The molecule has 29 heavy (non-hydrogen) atoms. The molecule has 1 aliphatic heterocycles. The Morgan fingerprint density at radius 1 is 1.17 bits per heavy atom. The van der Waals surface area contributed by atoms with Crippen LogP contribution in [0, 0.1) is 5.92 Å². The van der Waals surface area contributed by atoms with Crippen LogP contribution in [0.3, 0.4) is 0 Å². The fourth-order valence-corrected chi connectivity index (χ4v) is 3.51. The molecule has 0 unspecified atom stereocenters. The zero-order valence-electron chi connectivity index (χ0n) is 16.3. The maximum atomic E-state index is 12.7. The smallest absolute Gasteiger partial charge is 0.338 e. The van der Waals surface area contributed by atoms with Crippen LogP contribution >= 0.6 is 0 Å². The molecule has 3 aromatic rings. The van der Waals surface area contributed by atoms with Crippen molar-refractivity contribution in [2.24, 2.45) is 5.92 Å². The van der Waals surface area contributed by atoms with Crippen molar-refractivity contribution in [3.63, 3.8) is 0 Å². The summed E-state index contributed by atoms with van der Waals surface area (Å²) in [5.41, 5.74) is 2.63. The van der Waals surface area contributed by atoms with Crippen molar-refractivity contribution in [2.45, 2.75) is 19.8 Å². The molecule has 7 heteroatoms. The minimum Gasteiger partial charge on any atom is -0.462 e. The number of hydrogen-bond acceptors (Lipinski definition) is 6. The number of hydrogen-bond donors (Lipinski definition) is 1. The molecule has 7 nitrogen and oxygen atoms in total. The van der Waals surface area contributed by atoms with Crippen molar-refractivity contribution in [1.29, 1.82) is 0 Å². The number of nitrogens with zero attached hydrogens (tertiary/aromatic N) is 2. The highest BCUT2D eigenvalue weighted by molar-refractivity contribution is 5.95. The summed E-state index contributed by atoms with van der Waals surface area (Å²) in [6.45, 7) is 3.48. The number of aromatic nitrogens is 1. The second-order valence-corrected chi connectivity index (χ2v) is 7.02. The lowest BCUT2D eigenvalue weighted by molar-refractivity contribution is -0.120. The number of piperidine rings is 1. The number of fused-ring (bicyclic) bond motifs is 1. The molecule has 0 atom stereocenters. The van der Waals surface area contributed by atoms with E-state index in [0.717, 1.165) is 11.1 Å². The van der Waals surface area contributed by atoms with Gasteiger partial charge in [-0.3, -0.25) is 4.79 Å². The number of carbonyl (C=O) groups is 2. The molecule has 0 bridgehead atoms. The van der Waals surface area contributed by atoms with Gasteiger partial charge in [0.05, 0.1) is 12.2 Å². The normalized spacial score (nSPS) is 14.7. The second kappa shape index (κ2) is 8.34. The zero-order chi connectivity index (χ0) is 20.2. The number of anilines is 2. The molecule has 1 fully saturated rings. The van der Waals surface area contributed by atoms with Gasteiger partial charge in [0.15, 0.2) is 5.58 Å². The van der Waals surface area contributed by atoms with Crippen LogP contribution in [0.2, 0.25) is 0 Å². The van der Waals surface area contributed by atoms with E-state index < -0.39 is 5.97 Å². The van der Waals surface area contributed by atoms with Crippen LogP contribution in [0.5, 0.6) is 0 Å². The van der Waals surface area contributed by atoms with Gasteiger partial charge in [0.2, 0.25) is 5.91 Å². The summed E-state index contributed by atoms with van der Waals surface area (Å²) >= 11 is 0. The number of amides is 1. The minimum absolute atomic E-state index is 0.0387. The first-order valence-electron chi connectivity index (χ1n) is 9.82. The lowest BCUT2D eigenvalue weighted by atomic mass is 9.96. The minimum atomic E-state index is -0.393. The first-order chi connectivity index (χ1) is 14.1.